The third-order valence-corrected chi connectivity index (χ3v) is 4.55. The van der Waals surface area contributed by atoms with Crippen LogP contribution in [-0.4, -0.2) is 25.8 Å². The number of fused-ring (bicyclic) bond motifs is 2. The molecular weight excluding hydrogens is 284 g/mol. The highest BCUT2D eigenvalue weighted by molar-refractivity contribution is 7.18. The molecule has 0 N–H and O–H groups in total. The van der Waals surface area contributed by atoms with E-state index in [-0.39, 0.29) is 5.91 Å². The predicted octanol–water partition coefficient (Wildman–Crippen LogP) is 2.55. The van der Waals surface area contributed by atoms with Gasteiger partial charge in [0.05, 0.1) is 27.5 Å². The Kier molecular flexibility index (Phi) is 2.71. The lowest BCUT2D eigenvalue weighted by Crippen LogP contribution is -2.25. The summed E-state index contributed by atoms with van der Waals surface area (Å²) in [7, 11) is 0. The van der Waals surface area contributed by atoms with Crippen LogP contribution in [-0.2, 0) is 13.1 Å². The van der Waals surface area contributed by atoms with Gasteiger partial charge in [-0.25, -0.2) is 15.0 Å². The molecule has 0 atom stereocenters. The van der Waals surface area contributed by atoms with Crippen LogP contribution in [0.5, 0.6) is 0 Å². The SMILES string of the molecule is Cc1nc2ccc(C(=O)N3Cc4cncnc4C3)cc2s1. The molecule has 0 fully saturated rings. The second kappa shape index (κ2) is 4.60. The van der Waals surface area contributed by atoms with Gasteiger partial charge in [0.1, 0.15) is 6.33 Å². The number of aryl methyl sites for hydroxylation is 1. The molecule has 4 rings (SSSR count). The van der Waals surface area contributed by atoms with Crippen LogP contribution in [0.4, 0.5) is 0 Å². The monoisotopic (exact) mass is 296 g/mol. The smallest absolute Gasteiger partial charge is 0.254 e. The number of benzene rings is 1. The Morgan fingerprint density at radius 1 is 1.33 bits per heavy atom. The van der Waals surface area contributed by atoms with Gasteiger partial charge in [-0.3, -0.25) is 4.79 Å². The standard InChI is InChI=1S/C15H12N4OS/c1-9-18-12-3-2-10(4-14(12)21-9)15(20)19-6-11-5-16-8-17-13(11)7-19/h2-5,8H,6-7H2,1H3. The van der Waals surface area contributed by atoms with E-state index in [1.165, 1.54) is 6.33 Å². The minimum Gasteiger partial charge on any atom is -0.328 e. The van der Waals surface area contributed by atoms with E-state index in [1.807, 2.05) is 25.1 Å². The molecule has 1 amide bonds. The maximum atomic E-state index is 12.6. The molecule has 6 heteroatoms. The van der Waals surface area contributed by atoms with Crippen LogP contribution in [0.3, 0.4) is 0 Å². The van der Waals surface area contributed by atoms with Crippen molar-refractivity contribution in [3.05, 3.63) is 52.6 Å². The fourth-order valence-corrected chi connectivity index (χ4v) is 3.47. The fraction of sp³-hybridized carbons (Fsp3) is 0.200. The number of carbonyl (C=O) groups excluding carboxylic acids is 1. The van der Waals surface area contributed by atoms with Crippen molar-refractivity contribution in [2.24, 2.45) is 0 Å². The second-order valence-corrected chi connectivity index (χ2v) is 6.31. The van der Waals surface area contributed by atoms with Crippen LogP contribution in [0.2, 0.25) is 0 Å². The van der Waals surface area contributed by atoms with E-state index in [0.29, 0.717) is 18.7 Å². The molecule has 0 aliphatic carbocycles. The first kappa shape index (κ1) is 12.4. The number of rotatable bonds is 1. The average Bonchev–Trinajstić information content (AvgIpc) is 3.07. The number of hydrogen-bond acceptors (Lipinski definition) is 5. The summed E-state index contributed by atoms with van der Waals surface area (Å²) in [5.41, 5.74) is 3.62. The molecule has 5 nitrogen and oxygen atoms in total. The third-order valence-electron chi connectivity index (χ3n) is 3.61. The molecule has 3 heterocycles. The number of hydrogen-bond donors (Lipinski definition) is 0. The van der Waals surface area contributed by atoms with Gasteiger partial charge in [0.25, 0.3) is 5.91 Å². The Hall–Kier alpha value is -2.34. The molecule has 0 saturated carbocycles. The normalized spacial score (nSPS) is 13.7. The van der Waals surface area contributed by atoms with Crippen molar-refractivity contribution >= 4 is 27.5 Å². The average molecular weight is 296 g/mol. The quantitative estimate of drug-likeness (QED) is 0.692. The zero-order chi connectivity index (χ0) is 14.4. The van der Waals surface area contributed by atoms with Gasteiger partial charge in [-0.15, -0.1) is 11.3 Å². The van der Waals surface area contributed by atoms with Gasteiger partial charge in [0.15, 0.2) is 0 Å². The molecule has 0 bridgehead atoms. The van der Waals surface area contributed by atoms with Gasteiger partial charge >= 0.3 is 0 Å². The molecule has 0 radical (unpaired) electrons. The van der Waals surface area contributed by atoms with Crippen LogP contribution in [0.15, 0.2) is 30.7 Å². The first-order valence-corrected chi connectivity index (χ1v) is 7.46. The van der Waals surface area contributed by atoms with Crippen LogP contribution in [0.25, 0.3) is 10.2 Å². The third kappa shape index (κ3) is 2.08. The minimum atomic E-state index is 0.0287. The molecule has 1 aliphatic heterocycles. The number of nitrogens with zero attached hydrogens (tertiary/aromatic N) is 4. The molecule has 0 spiro atoms. The van der Waals surface area contributed by atoms with Crippen LogP contribution in [0, 0.1) is 6.92 Å². The van der Waals surface area contributed by atoms with Gasteiger partial charge in [-0.1, -0.05) is 0 Å². The lowest BCUT2D eigenvalue weighted by Gasteiger charge is -2.14. The molecular formula is C15H12N4OS. The van der Waals surface area contributed by atoms with Crippen molar-refractivity contribution in [2.75, 3.05) is 0 Å². The summed E-state index contributed by atoms with van der Waals surface area (Å²) in [6.07, 6.45) is 3.31. The summed E-state index contributed by atoms with van der Waals surface area (Å²) in [5, 5.41) is 1.01. The van der Waals surface area contributed by atoms with E-state index >= 15 is 0 Å². The molecule has 3 aromatic rings. The Bertz CT molecular complexity index is 833. The predicted molar refractivity (Wildman–Crippen MR) is 80.0 cm³/mol. The lowest BCUT2D eigenvalue weighted by molar-refractivity contribution is 0.0750. The highest BCUT2D eigenvalue weighted by Gasteiger charge is 2.25. The van der Waals surface area contributed by atoms with Gasteiger partial charge in [-0.05, 0) is 25.1 Å². The summed E-state index contributed by atoms with van der Waals surface area (Å²) >= 11 is 1.61. The molecule has 2 aromatic heterocycles. The Balaban J connectivity index is 1.65. The largest absolute Gasteiger partial charge is 0.328 e. The van der Waals surface area contributed by atoms with Crippen molar-refractivity contribution in [3.8, 4) is 0 Å². The maximum absolute atomic E-state index is 12.6. The van der Waals surface area contributed by atoms with E-state index in [1.54, 1.807) is 22.4 Å². The highest BCUT2D eigenvalue weighted by Crippen LogP contribution is 2.25. The Morgan fingerprint density at radius 3 is 3.10 bits per heavy atom. The summed E-state index contributed by atoms with van der Waals surface area (Å²) < 4.78 is 1.05. The highest BCUT2D eigenvalue weighted by atomic mass is 32.1. The van der Waals surface area contributed by atoms with Gasteiger partial charge in [0.2, 0.25) is 0 Å². The van der Waals surface area contributed by atoms with Crippen molar-refractivity contribution in [1.82, 2.24) is 19.9 Å². The van der Waals surface area contributed by atoms with Crippen LogP contribution < -0.4 is 0 Å². The number of aromatic nitrogens is 3. The first-order valence-electron chi connectivity index (χ1n) is 6.65. The number of thiazole rings is 1. The molecule has 21 heavy (non-hydrogen) atoms. The zero-order valence-electron chi connectivity index (χ0n) is 11.4. The van der Waals surface area contributed by atoms with E-state index in [0.717, 1.165) is 26.5 Å². The van der Waals surface area contributed by atoms with Gasteiger partial charge in [-0.2, -0.15) is 0 Å². The minimum absolute atomic E-state index is 0.0287. The van der Waals surface area contributed by atoms with Crippen molar-refractivity contribution in [2.45, 2.75) is 20.0 Å². The molecule has 104 valence electrons. The van der Waals surface area contributed by atoms with Crippen LogP contribution >= 0.6 is 11.3 Å². The fourth-order valence-electron chi connectivity index (χ4n) is 2.60. The van der Waals surface area contributed by atoms with E-state index in [2.05, 4.69) is 15.0 Å². The Labute approximate surface area is 125 Å². The van der Waals surface area contributed by atoms with Crippen molar-refractivity contribution in [1.29, 1.82) is 0 Å². The zero-order valence-corrected chi connectivity index (χ0v) is 12.2. The van der Waals surface area contributed by atoms with E-state index < -0.39 is 0 Å². The first-order chi connectivity index (χ1) is 10.2. The van der Waals surface area contributed by atoms with Gasteiger partial charge < -0.3 is 4.90 Å². The van der Waals surface area contributed by atoms with Gasteiger partial charge in [0, 0.05) is 23.9 Å². The second-order valence-electron chi connectivity index (χ2n) is 5.07. The summed E-state index contributed by atoms with van der Waals surface area (Å²) in [6.45, 7) is 3.10. The van der Waals surface area contributed by atoms with E-state index in [9.17, 15) is 4.79 Å². The summed E-state index contributed by atoms with van der Waals surface area (Å²) in [5.74, 6) is 0.0287. The molecule has 1 aromatic carbocycles. The van der Waals surface area contributed by atoms with Crippen molar-refractivity contribution in [3.63, 3.8) is 0 Å². The van der Waals surface area contributed by atoms with Crippen LogP contribution in [0.1, 0.15) is 26.6 Å². The molecule has 0 unspecified atom stereocenters. The number of carbonyl (C=O) groups is 1. The number of amides is 1. The lowest BCUT2D eigenvalue weighted by atomic mass is 10.2. The molecule has 0 saturated heterocycles. The van der Waals surface area contributed by atoms with Crippen molar-refractivity contribution < 1.29 is 4.79 Å². The molecule has 1 aliphatic rings. The topological polar surface area (TPSA) is 59.0 Å². The maximum Gasteiger partial charge on any atom is 0.254 e. The van der Waals surface area contributed by atoms with E-state index in [4.69, 9.17) is 0 Å². The Morgan fingerprint density at radius 2 is 2.24 bits per heavy atom. The summed E-state index contributed by atoms with van der Waals surface area (Å²) in [6, 6.07) is 5.69. The summed E-state index contributed by atoms with van der Waals surface area (Å²) in [4.78, 5) is 27.1.